The number of amides is 1. The van der Waals surface area contributed by atoms with E-state index < -0.39 is 10.3 Å². The number of carbonyl (C=O) groups excluding carboxylic acids is 2. The second-order valence-electron chi connectivity index (χ2n) is 5.87. The first-order valence-electron chi connectivity index (χ1n) is 7.47. The monoisotopic (exact) mass is 322 g/mol. The molecular formula is C16H22N2O5. The van der Waals surface area contributed by atoms with Gasteiger partial charge in [-0.25, -0.2) is 0 Å². The number of Topliss-reactive ketones (excluding diaryl/α,β-unsaturated/α-hetero) is 1. The summed E-state index contributed by atoms with van der Waals surface area (Å²) in [6, 6.07) is 4.26. The zero-order valence-electron chi connectivity index (χ0n) is 13.6. The number of hydrogen-bond donors (Lipinski definition) is 1. The number of ether oxygens (including phenoxy) is 1. The van der Waals surface area contributed by atoms with Crippen molar-refractivity contribution >= 4 is 23.6 Å². The maximum Gasteiger partial charge on any atom is 0.296 e. The molecule has 1 N–H and O–H groups in total. The molecule has 0 aliphatic heterocycles. The van der Waals surface area contributed by atoms with Crippen LogP contribution in [0.3, 0.4) is 0 Å². The molecule has 7 heteroatoms. The van der Waals surface area contributed by atoms with E-state index in [0.29, 0.717) is 12.8 Å². The fourth-order valence-corrected chi connectivity index (χ4v) is 2.01. The summed E-state index contributed by atoms with van der Waals surface area (Å²) in [5.74, 6) is 0.248. The molecule has 0 aliphatic rings. The number of ketones is 1. The largest absolute Gasteiger partial charge is 0.490 e. The lowest BCUT2D eigenvalue weighted by Crippen LogP contribution is -2.31. The second kappa shape index (κ2) is 8.26. The minimum atomic E-state index is -0.710. The van der Waals surface area contributed by atoms with Gasteiger partial charge in [0.2, 0.25) is 6.41 Å². The predicted octanol–water partition coefficient (Wildman–Crippen LogP) is 3.33. The number of nitrogens with zero attached hydrogens (tertiary/aromatic N) is 1. The zero-order chi connectivity index (χ0) is 17.5. The maximum absolute atomic E-state index is 12.2. The molecule has 126 valence electrons. The Balaban J connectivity index is 2.92. The van der Waals surface area contributed by atoms with E-state index in [1.807, 2.05) is 6.92 Å². The molecule has 7 nitrogen and oxygen atoms in total. The highest BCUT2D eigenvalue weighted by Crippen LogP contribution is 2.35. The molecule has 0 unspecified atom stereocenters. The van der Waals surface area contributed by atoms with Gasteiger partial charge in [-0.1, -0.05) is 19.4 Å². The van der Waals surface area contributed by atoms with E-state index in [1.165, 1.54) is 18.2 Å². The number of unbranched alkanes of at least 4 members (excludes halogenated alkanes) is 1. The third-order valence-corrected chi connectivity index (χ3v) is 3.50. The summed E-state index contributed by atoms with van der Waals surface area (Å²) in [5, 5.41) is 13.3. The van der Waals surface area contributed by atoms with Gasteiger partial charge in [-0.05, 0) is 26.3 Å². The van der Waals surface area contributed by atoms with Crippen LogP contribution in [-0.2, 0) is 9.59 Å². The SMILES string of the molecule is CCCCC(=O)C(C)(C)COc1cccc([N+](=O)[O-])c1NC=O. The Morgan fingerprint density at radius 1 is 1.43 bits per heavy atom. The van der Waals surface area contributed by atoms with Gasteiger partial charge in [-0.15, -0.1) is 0 Å². The molecule has 1 rings (SSSR count). The first kappa shape index (κ1) is 18.6. The summed E-state index contributed by atoms with van der Waals surface area (Å²) in [6.07, 6.45) is 2.58. The molecule has 0 fully saturated rings. The molecule has 0 saturated carbocycles. The van der Waals surface area contributed by atoms with Crippen LogP contribution >= 0.6 is 0 Å². The molecule has 0 aromatic heterocycles. The Labute approximate surface area is 135 Å². The summed E-state index contributed by atoms with van der Waals surface area (Å²) >= 11 is 0. The fourth-order valence-electron chi connectivity index (χ4n) is 2.01. The topological polar surface area (TPSA) is 98.5 Å². The van der Waals surface area contributed by atoms with Crippen LogP contribution in [0.25, 0.3) is 0 Å². The minimum absolute atomic E-state index is 0.00990. The second-order valence-corrected chi connectivity index (χ2v) is 5.87. The van der Waals surface area contributed by atoms with Crippen molar-refractivity contribution in [1.82, 2.24) is 0 Å². The van der Waals surface area contributed by atoms with E-state index in [4.69, 9.17) is 4.74 Å². The van der Waals surface area contributed by atoms with Crippen molar-refractivity contribution in [3.63, 3.8) is 0 Å². The molecule has 0 spiro atoms. The van der Waals surface area contributed by atoms with Gasteiger partial charge in [-0.2, -0.15) is 0 Å². The molecule has 0 atom stereocenters. The standard InChI is InChI=1S/C16H22N2O5/c1-4-5-9-14(20)16(2,3)10-23-13-8-6-7-12(18(21)22)15(13)17-11-19/h6-8,11H,4-5,9-10H2,1-3H3,(H,17,19). The zero-order valence-corrected chi connectivity index (χ0v) is 13.6. The summed E-state index contributed by atoms with van der Waals surface area (Å²) in [5.41, 5.74) is -0.980. The van der Waals surface area contributed by atoms with Crippen molar-refractivity contribution in [2.24, 2.45) is 5.41 Å². The van der Waals surface area contributed by atoms with Gasteiger partial charge in [0.25, 0.3) is 5.69 Å². The molecular weight excluding hydrogens is 300 g/mol. The average molecular weight is 322 g/mol. The normalized spacial score (nSPS) is 10.9. The van der Waals surface area contributed by atoms with Gasteiger partial charge in [-0.3, -0.25) is 19.7 Å². The van der Waals surface area contributed by atoms with Crippen LogP contribution in [0, 0.1) is 15.5 Å². The average Bonchev–Trinajstić information content (AvgIpc) is 2.51. The van der Waals surface area contributed by atoms with Crippen LogP contribution in [0.2, 0.25) is 0 Å². The summed E-state index contributed by atoms with van der Waals surface area (Å²) in [7, 11) is 0. The van der Waals surface area contributed by atoms with E-state index in [2.05, 4.69) is 5.32 Å². The van der Waals surface area contributed by atoms with E-state index in [9.17, 15) is 19.7 Å². The lowest BCUT2D eigenvalue weighted by Gasteiger charge is -2.24. The Morgan fingerprint density at radius 3 is 2.70 bits per heavy atom. The van der Waals surface area contributed by atoms with Crippen LogP contribution in [0.15, 0.2) is 18.2 Å². The van der Waals surface area contributed by atoms with Gasteiger partial charge in [0.1, 0.15) is 18.1 Å². The number of hydrogen-bond acceptors (Lipinski definition) is 5. The van der Waals surface area contributed by atoms with E-state index in [-0.39, 0.29) is 29.5 Å². The Bertz CT molecular complexity index is 584. The number of nitrogens with one attached hydrogen (secondary N) is 1. The lowest BCUT2D eigenvalue weighted by molar-refractivity contribution is -0.384. The van der Waals surface area contributed by atoms with Gasteiger partial charge < -0.3 is 10.1 Å². The molecule has 0 radical (unpaired) electrons. The number of para-hydroxylation sites is 1. The number of benzene rings is 1. The van der Waals surface area contributed by atoms with Crippen molar-refractivity contribution in [3.8, 4) is 5.75 Å². The highest BCUT2D eigenvalue weighted by molar-refractivity contribution is 5.84. The van der Waals surface area contributed by atoms with Crippen molar-refractivity contribution in [2.75, 3.05) is 11.9 Å². The van der Waals surface area contributed by atoms with Gasteiger partial charge in [0.05, 0.1) is 10.3 Å². The summed E-state index contributed by atoms with van der Waals surface area (Å²) in [4.78, 5) is 33.3. The fraction of sp³-hybridized carbons (Fsp3) is 0.500. The Kier molecular flexibility index (Phi) is 6.68. The number of rotatable bonds is 10. The first-order valence-corrected chi connectivity index (χ1v) is 7.47. The smallest absolute Gasteiger partial charge is 0.296 e. The number of nitro benzene ring substituents is 1. The highest BCUT2D eigenvalue weighted by atomic mass is 16.6. The molecule has 0 aliphatic carbocycles. The lowest BCUT2D eigenvalue weighted by atomic mass is 9.86. The predicted molar refractivity (Wildman–Crippen MR) is 86.6 cm³/mol. The number of carbonyl (C=O) groups is 2. The van der Waals surface area contributed by atoms with Gasteiger partial charge in [0.15, 0.2) is 5.69 Å². The van der Waals surface area contributed by atoms with E-state index in [1.54, 1.807) is 13.8 Å². The van der Waals surface area contributed by atoms with E-state index >= 15 is 0 Å². The van der Waals surface area contributed by atoms with Gasteiger partial charge in [0, 0.05) is 12.5 Å². The maximum atomic E-state index is 12.2. The molecule has 1 aromatic rings. The third kappa shape index (κ3) is 5.05. The summed E-state index contributed by atoms with van der Waals surface area (Å²) in [6.45, 7) is 5.63. The summed E-state index contributed by atoms with van der Waals surface area (Å²) < 4.78 is 5.60. The van der Waals surface area contributed by atoms with Crippen molar-refractivity contribution < 1.29 is 19.2 Å². The molecule has 1 aromatic carbocycles. The van der Waals surface area contributed by atoms with Crippen LogP contribution in [0.4, 0.5) is 11.4 Å². The first-order chi connectivity index (χ1) is 10.8. The molecule has 0 bridgehead atoms. The van der Waals surface area contributed by atoms with Crippen molar-refractivity contribution in [1.29, 1.82) is 0 Å². The Hall–Kier alpha value is -2.44. The van der Waals surface area contributed by atoms with Crippen molar-refractivity contribution in [2.45, 2.75) is 40.0 Å². The molecule has 0 saturated heterocycles. The van der Waals surface area contributed by atoms with Crippen LogP contribution in [0.5, 0.6) is 5.75 Å². The van der Waals surface area contributed by atoms with Crippen LogP contribution < -0.4 is 10.1 Å². The third-order valence-electron chi connectivity index (χ3n) is 3.50. The highest BCUT2D eigenvalue weighted by Gasteiger charge is 2.29. The van der Waals surface area contributed by atoms with E-state index in [0.717, 1.165) is 12.8 Å². The van der Waals surface area contributed by atoms with Crippen LogP contribution in [-0.4, -0.2) is 23.7 Å². The minimum Gasteiger partial charge on any atom is -0.490 e. The molecule has 23 heavy (non-hydrogen) atoms. The van der Waals surface area contributed by atoms with Gasteiger partial charge >= 0.3 is 0 Å². The van der Waals surface area contributed by atoms with Crippen molar-refractivity contribution in [3.05, 3.63) is 28.3 Å². The Morgan fingerprint density at radius 2 is 2.13 bits per heavy atom. The molecule has 0 heterocycles. The number of anilines is 1. The molecule has 1 amide bonds. The quantitative estimate of drug-likeness (QED) is 0.405. The van der Waals surface area contributed by atoms with Crippen LogP contribution in [0.1, 0.15) is 40.0 Å². The number of nitro groups is 1.